The fourth-order valence-corrected chi connectivity index (χ4v) is 3.26. The highest BCUT2D eigenvalue weighted by Gasteiger charge is 2.17. The van der Waals surface area contributed by atoms with Crippen LogP contribution in [-0.2, 0) is 0 Å². The van der Waals surface area contributed by atoms with Crippen molar-refractivity contribution in [3.05, 3.63) is 26.5 Å². The molecule has 0 spiro atoms. The molecule has 1 aliphatic carbocycles. The second kappa shape index (κ2) is 6.44. The van der Waals surface area contributed by atoms with Gasteiger partial charge in [0.15, 0.2) is 4.67 Å². The Labute approximate surface area is 124 Å². The number of hydrogen-bond donors (Lipinski definition) is 0. The van der Waals surface area contributed by atoms with Crippen molar-refractivity contribution in [1.29, 1.82) is 0 Å². The molecule has 0 radical (unpaired) electrons. The number of allylic oxidation sites excluding steroid dienone is 1. The minimum absolute atomic E-state index is 0.598. The summed E-state index contributed by atoms with van der Waals surface area (Å²) in [5.41, 5.74) is 1.31. The van der Waals surface area contributed by atoms with Gasteiger partial charge in [-0.2, -0.15) is 0 Å². The first-order valence-corrected chi connectivity index (χ1v) is 8.04. The van der Waals surface area contributed by atoms with E-state index in [0.717, 1.165) is 14.9 Å². The van der Waals surface area contributed by atoms with Crippen molar-refractivity contribution in [2.24, 2.45) is 5.92 Å². The number of furan rings is 1. The van der Waals surface area contributed by atoms with E-state index in [-0.39, 0.29) is 0 Å². The van der Waals surface area contributed by atoms with Crippen molar-refractivity contribution in [1.82, 2.24) is 0 Å². The molecule has 0 aliphatic heterocycles. The molecule has 1 fully saturated rings. The van der Waals surface area contributed by atoms with Gasteiger partial charge in [0, 0.05) is 5.88 Å². The maximum atomic E-state index is 6.06. The average molecular weight is 383 g/mol. The third kappa shape index (κ3) is 3.62. The maximum Gasteiger partial charge on any atom is 0.184 e. The van der Waals surface area contributed by atoms with Crippen LogP contribution in [0.2, 0.25) is 0 Å². The predicted molar refractivity (Wildman–Crippen MR) is 79.4 cm³/mol. The predicted octanol–water partition coefficient (Wildman–Crippen LogP) is 6.01. The number of halogens is 3. The van der Waals surface area contributed by atoms with E-state index in [0.29, 0.717) is 11.8 Å². The van der Waals surface area contributed by atoms with Gasteiger partial charge in [-0.3, -0.25) is 0 Å². The molecule has 1 heterocycles. The first-order chi connectivity index (χ1) is 8.20. The average Bonchev–Trinajstić information content (AvgIpc) is 2.67. The Hall–Kier alpha value is 0.270. The van der Waals surface area contributed by atoms with Gasteiger partial charge in [0.05, 0.1) is 4.47 Å². The van der Waals surface area contributed by atoms with Crippen molar-refractivity contribution >= 4 is 49.5 Å². The Balaban J connectivity index is 2.16. The van der Waals surface area contributed by atoms with Crippen molar-refractivity contribution in [3.63, 3.8) is 0 Å². The molecule has 1 aromatic heterocycles. The van der Waals surface area contributed by atoms with Gasteiger partial charge in [0.1, 0.15) is 5.76 Å². The molecule has 2 rings (SSSR count). The number of alkyl halides is 1. The number of rotatable bonds is 3. The van der Waals surface area contributed by atoms with E-state index in [2.05, 4.69) is 37.9 Å². The van der Waals surface area contributed by atoms with E-state index >= 15 is 0 Å². The van der Waals surface area contributed by atoms with Gasteiger partial charge in [-0.15, -0.1) is 11.6 Å². The van der Waals surface area contributed by atoms with Crippen LogP contribution in [0.15, 0.2) is 25.2 Å². The van der Waals surface area contributed by atoms with E-state index in [1.165, 1.54) is 37.7 Å². The third-order valence-electron chi connectivity index (χ3n) is 3.28. The topological polar surface area (TPSA) is 13.1 Å². The highest BCUT2D eigenvalue weighted by molar-refractivity contribution is 9.13. The summed E-state index contributed by atoms with van der Waals surface area (Å²) in [5.74, 6) is 2.11. The fraction of sp³-hybridized carbons (Fsp3) is 0.538. The lowest BCUT2D eigenvalue weighted by Crippen LogP contribution is -2.10. The molecule has 1 aliphatic rings. The monoisotopic (exact) mass is 380 g/mol. The summed E-state index contributed by atoms with van der Waals surface area (Å²) in [6.07, 6.45) is 8.64. The lowest BCUT2D eigenvalue weighted by molar-refractivity contribution is 0.404. The highest BCUT2D eigenvalue weighted by Crippen LogP contribution is 2.33. The molecule has 94 valence electrons. The van der Waals surface area contributed by atoms with Crippen molar-refractivity contribution < 1.29 is 4.42 Å². The minimum Gasteiger partial charge on any atom is -0.449 e. The summed E-state index contributed by atoms with van der Waals surface area (Å²) in [6.45, 7) is 0. The van der Waals surface area contributed by atoms with E-state index in [9.17, 15) is 0 Å². The molecule has 4 heteroatoms. The Morgan fingerprint density at radius 1 is 1.35 bits per heavy atom. The van der Waals surface area contributed by atoms with Gasteiger partial charge in [0.25, 0.3) is 0 Å². The Bertz CT molecular complexity index is 386. The third-order valence-corrected chi connectivity index (χ3v) is 5.29. The molecule has 0 amide bonds. The lowest BCUT2D eigenvalue weighted by Gasteiger charge is -2.23. The van der Waals surface area contributed by atoms with Crippen LogP contribution in [-0.4, -0.2) is 5.88 Å². The quantitative estimate of drug-likeness (QED) is 0.584. The summed E-state index contributed by atoms with van der Waals surface area (Å²) in [4.78, 5) is 0. The van der Waals surface area contributed by atoms with E-state index in [1.54, 1.807) is 0 Å². The highest BCUT2D eigenvalue weighted by atomic mass is 79.9. The van der Waals surface area contributed by atoms with Crippen molar-refractivity contribution in [2.45, 2.75) is 32.1 Å². The van der Waals surface area contributed by atoms with E-state index < -0.39 is 0 Å². The first-order valence-electron chi connectivity index (χ1n) is 5.92. The second-order valence-electron chi connectivity index (χ2n) is 4.46. The molecular weight excluding hydrogens is 367 g/mol. The molecule has 1 aromatic rings. The summed E-state index contributed by atoms with van der Waals surface area (Å²) >= 11 is 12.8. The smallest absolute Gasteiger partial charge is 0.184 e. The molecule has 1 saturated carbocycles. The Kier molecular flexibility index (Phi) is 5.19. The van der Waals surface area contributed by atoms with Gasteiger partial charge in [-0.25, -0.2) is 0 Å². The van der Waals surface area contributed by atoms with Crippen LogP contribution in [0.1, 0.15) is 37.9 Å². The molecule has 0 aromatic carbocycles. The van der Waals surface area contributed by atoms with E-state index in [4.69, 9.17) is 16.0 Å². The Morgan fingerprint density at radius 3 is 2.59 bits per heavy atom. The van der Waals surface area contributed by atoms with Gasteiger partial charge in [0.2, 0.25) is 0 Å². The van der Waals surface area contributed by atoms with Crippen LogP contribution in [0, 0.1) is 5.92 Å². The zero-order valence-electron chi connectivity index (χ0n) is 9.52. The van der Waals surface area contributed by atoms with Gasteiger partial charge in [-0.05, 0) is 68.3 Å². The zero-order chi connectivity index (χ0) is 12.3. The SMILES string of the molecule is ClCC(=Cc1cc(Br)c(Br)o1)C1CCCCC1. The van der Waals surface area contributed by atoms with Gasteiger partial charge < -0.3 is 4.42 Å². The normalized spacial score (nSPS) is 18.6. The van der Waals surface area contributed by atoms with Gasteiger partial charge >= 0.3 is 0 Å². The molecule has 0 saturated heterocycles. The first kappa shape index (κ1) is 13.7. The van der Waals surface area contributed by atoms with Crippen molar-refractivity contribution in [3.8, 4) is 0 Å². The van der Waals surface area contributed by atoms with Crippen LogP contribution in [0.3, 0.4) is 0 Å². The van der Waals surface area contributed by atoms with Crippen LogP contribution < -0.4 is 0 Å². The minimum atomic E-state index is 0.598. The van der Waals surface area contributed by atoms with Crippen LogP contribution >= 0.6 is 43.5 Å². The number of hydrogen-bond acceptors (Lipinski definition) is 1. The molecular formula is C13H15Br2ClO. The molecule has 1 nitrogen and oxygen atoms in total. The molecule has 0 atom stereocenters. The maximum absolute atomic E-state index is 6.06. The summed E-state index contributed by atoms with van der Waals surface area (Å²) in [7, 11) is 0. The molecule has 0 N–H and O–H groups in total. The van der Waals surface area contributed by atoms with Gasteiger partial charge in [-0.1, -0.05) is 19.3 Å². The second-order valence-corrected chi connectivity index (χ2v) is 6.30. The summed E-state index contributed by atoms with van der Waals surface area (Å²) < 4.78 is 7.26. The molecule has 0 unspecified atom stereocenters. The van der Waals surface area contributed by atoms with Crippen LogP contribution in [0.5, 0.6) is 0 Å². The lowest BCUT2D eigenvalue weighted by atomic mass is 9.84. The van der Waals surface area contributed by atoms with Crippen LogP contribution in [0.25, 0.3) is 6.08 Å². The summed E-state index contributed by atoms with van der Waals surface area (Å²) in [5, 5.41) is 0. The summed E-state index contributed by atoms with van der Waals surface area (Å²) in [6, 6.07) is 1.97. The standard InChI is InChI=1S/C13H15Br2ClO/c14-12-7-11(17-13(12)15)6-10(8-16)9-4-2-1-3-5-9/h6-7,9H,1-5,8H2. The van der Waals surface area contributed by atoms with E-state index in [1.807, 2.05) is 6.07 Å². The zero-order valence-corrected chi connectivity index (χ0v) is 13.4. The molecule has 0 bridgehead atoms. The largest absolute Gasteiger partial charge is 0.449 e. The Morgan fingerprint density at radius 2 is 2.06 bits per heavy atom. The molecule has 17 heavy (non-hydrogen) atoms. The van der Waals surface area contributed by atoms with Crippen LogP contribution in [0.4, 0.5) is 0 Å². The van der Waals surface area contributed by atoms with Crippen molar-refractivity contribution in [2.75, 3.05) is 5.88 Å². The fourth-order valence-electron chi connectivity index (χ4n) is 2.36.